The highest BCUT2D eigenvalue weighted by atomic mass is 35.5. The topological polar surface area (TPSA) is 151 Å². The Kier molecular flexibility index (Phi) is 12.6. The molecule has 0 aliphatic carbocycles. The van der Waals surface area contributed by atoms with Gasteiger partial charge in [0.2, 0.25) is 0 Å². The zero-order valence-corrected chi connectivity index (χ0v) is 28.3. The van der Waals surface area contributed by atoms with E-state index in [1.807, 2.05) is 0 Å². The van der Waals surface area contributed by atoms with Crippen molar-refractivity contribution < 1.29 is 26.4 Å². The van der Waals surface area contributed by atoms with Crippen LogP contribution < -0.4 is 20.1 Å². The molecular formula is C34H30Cl2N4O6S2. The Morgan fingerprint density at radius 2 is 0.792 bits per heavy atom. The lowest BCUT2D eigenvalue weighted by atomic mass is 10.2. The van der Waals surface area contributed by atoms with Crippen LogP contribution in [-0.4, -0.2) is 40.4 Å². The van der Waals surface area contributed by atoms with Crippen molar-refractivity contribution in [1.82, 2.24) is 0 Å². The number of benzene rings is 5. The minimum atomic E-state index is -4.30. The third kappa shape index (κ3) is 9.81. The summed E-state index contributed by atoms with van der Waals surface area (Å²) in [6, 6.07) is 34.2. The predicted octanol–water partition coefficient (Wildman–Crippen LogP) is 7.26. The molecule has 248 valence electrons. The van der Waals surface area contributed by atoms with Gasteiger partial charge in [0.15, 0.2) is 0 Å². The highest BCUT2D eigenvalue weighted by Gasteiger charge is 2.22. The SMILES string of the molecule is ClCCCl.O=C(Nc1ccccc1NS(=O)(=O)c1cccc(S(=O)(=O)Nc2ccccc2NC(=O)c2ccccc2)c1)c1ccccc1. The molecule has 14 heteroatoms. The maximum atomic E-state index is 13.4. The van der Waals surface area contributed by atoms with Gasteiger partial charge >= 0.3 is 0 Å². The van der Waals surface area contributed by atoms with Gasteiger partial charge in [-0.2, -0.15) is 0 Å². The Morgan fingerprint density at radius 1 is 0.458 bits per heavy atom. The molecule has 0 saturated heterocycles. The van der Waals surface area contributed by atoms with Crippen LogP contribution in [0.25, 0.3) is 0 Å². The molecule has 0 radical (unpaired) electrons. The van der Waals surface area contributed by atoms with Gasteiger partial charge in [0.1, 0.15) is 0 Å². The van der Waals surface area contributed by atoms with Crippen LogP contribution in [-0.2, 0) is 20.0 Å². The summed E-state index contributed by atoms with van der Waals surface area (Å²) in [6.45, 7) is 0. The number of hydrogen-bond acceptors (Lipinski definition) is 6. The van der Waals surface area contributed by atoms with E-state index in [0.29, 0.717) is 22.9 Å². The second kappa shape index (κ2) is 16.8. The molecule has 0 saturated carbocycles. The summed E-state index contributed by atoms with van der Waals surface area (Å²) in [5.74, 6) is 0.247. The molecule has 0 aliphatic rings. The van der Waals surface area contributed by atoms with Crippen molar-refractivity contribution in [3.63, 3.8) is 0 Å². The number of halogens is 2. The Bertz CT molecular complexity index is 1940. The first-order chi connectivity index (χ1) is 23.0. The van der Waals surface area contributed by atoms with Gasteiger partial charge in [-0.1, -0.05) is 66.7 Å². The molecule has 0 aromatic heterocycles. The molecule has 5 aromatic carbocycles. The van der Waals surface area contributed by atoms with Crippen LogP contribution in [0, 0.1) is 0 Å². The van der Waals surface area contributed by atoms with Crippen LogP contribution in [0.15, 0.2) is 143 Å². The Balaban J connectivity index is 0.00000123. The summed E-state index contributed by atoms with van der Waals surface area (Å²) < 4.78 is 58.3. The first-order valence-corrected chi connectivity index (χ1v) is 18.3. The second-order valence-corrected chi connectivity index (χ2v) is 13.9. The molecule has 4 N–H and O–H groups in total. The van der Waals surface area contributed by atoms with Gasteiger partial charge in [-0.15, -0.1) is 23.2 Å². The summed E-state index contributed by atoms with van der Waals surface area (Å²) in [7, 11) is -8.59. The van der Waals surface area contributed by atoms with Crippen molar-refractivity contribution in [3.05, 3.63) is 145 Å². The maximum Gasteiger partial charge on any atom is 0.262 e. The molecule has 0 aliphatic heterocycles. The zero-order chi connectivity index (χ0) is 34.6. The molecule has 2 amide bonds. The maximum absolute atomic E-state index is 13.4. The van der Waals surface area contributed by atoms with Gasteiger partial charge in [-0.3, -0.25) is 19.0 Å². The summed E-state index contributed by atoms with van der Waals surface area (Å²) in [4.78, 5) is 24.7. The van der Waals surface area contributed by atoms with Crippen LogP contribution >= 0.6 is 23.2 Å². The first kappa shape index (κ1) is 36.0. The summed E-state index contributed by atoms with van der Waals surface area (Å²) in [5.41, 5.74) is 1.38. The van der Waals surface area contributed by atoms with Crippen molar-refractivity contribution in [2.45, 2.75) is 9.79 Å². The quantitative estimate of drug-likeness (QED) is 0.105. The van der Waals surface area contributed by atoms with Gasteiger partial charge in [0.05, 0.1) is 32.5 Å². The molecule has 0 bridgehead atoms. The van der Waals surface area contributed by atoms with E-state index < -0.39 is 31.9 Å². The highest BCUT2D eigenvalue weighted by Crippen LogP contribution is 2.28. The third-order valence-electron chi connectivity index (χ3n) is 6.41. The lowest BCUT2D eigenvalue weighted by molar-refractivity contribution is 0.101. The lowest BCUT2D eigenvalue weighted by Gasteiger charge is -2.15. The van der Waals surface area contributed by atoms with Crippen molar-refractivity contribution >= 4 is 77.8 Å². The largest absolute Gasteiger partial charge is 0.320 e. The monoisotopic (exact) mass is 724 g/mol. The normalized spacial score (nSPS) is 11.0. The third-order valence-corrected chi connectivity index (χ3v) is 9.71. The van der Waals surface area contributed by atoms with Crippen molar-refractivity contribution in [2.75, 3.05) is 31.8 Å². The molecule has 0 heterocycles. The summed E-state index contributed by atoms with van der Waals surface area (Å²) in [5, 5.41) is 5.38. The van der Waals surface area contributed by atoms with Crippen LogP contribution in [0.4, 0.5) is 22.7 Å². The summed E-state index contributed by atoms with van der Waals surface area (Å²) >= 11 is 10.1. The fourth-order valence-corrected chi connectivity index (χ4v) is 6.47. The first-order valence-electron chi connectivity index (χ1n) is 14.2. The van der Waals surface area contributed by atoms with Crippen molar-refractivity contribution in [2.24, 2.45) is 0 Å². The van der Waals surface area contributed by atoms with E-state index in [0.717, 1.165) is 6.07 Å². The molecule has 0 unspecified atom stereocenters. The van der Waals surface area contributed by atoms with E-state index >= 15 is 0 Å². The van der Waals surface area contributed by atoms with Gasteiger partial charge < -0.3 is 10.6 Å². The average Bonchev–Trinajstić information content (AvgIpc) is 3.10. The number of anilines is 4. The number of sulfonamides is 2. The lowest BCUT2D eigenvalue weighted by Crippen LogP contribution is -2.19. The number of carbonyl (C=O) groups excluding carboxylic acids is 2. The van der Waals surface area contributed by atoms with E-state index in [-0.39, 0.29) is 32.5 Å². The van der Waals surface area contributed by atoms with Crippen LogP contribution in [0.2, 0.25) is 0 Å². The highest BCUT2D eigenvalue weighted by molar-refractivity contribution is 7.93. The van der Waals surface area contributed by atoms with E-state index in [9.17, 15) is 26.4 Å². The number of para-hydroxylation sites is 4. The van der Waals surface area contributed by atoms with E-state index in [1.165, 1.54) is 42.5 Å². The van der Waals surface area contributed by atoms with Crippen LogP contribution in [0.1, 0.15) is 20.7 Å². The molecule has 5 aromatic rings. The standard InChI is InChI=1S/C32H26N4O6S2.C2H4Cl2/c37-31(23-12-3-1-4-13-23)33-27-18-7-9-20-29(27)35-43(39,40)25-16-11-17-26(22-25)44(41,42)36-30-21-10-8-19-28(30)34-32(38)24-14-5-2-6-15-24;3-1-2-4/h1-22,35-36H,(H,33,37)(H,34,38);1-2H2. The molecular weight excluding hydrogens is 695 g/mol. The molecule has 48 heavy (non-hydrogen) atoms. The van der Waals surface area contributed by atoms with Crippen molar-refractivity contribution in [3.8, 4) is 0 Å². The number of alkyl halides is 2. The van der Waals surface area contributed by atoms with E-state index in [1.54, 1.807) is 84.9 Å². The minimum absolute atomic E-state index is 0.0891. The second-order valence-electron chi connectivity index (χ2n) is 9.80. The van der Waals surface area contributed by atoms with Crippen LogP contribution in [0.5, 0.6) is 0 Å². The summed E-state index contributed by atoms with van der Waals surface area (Å²) in [6.07, 6.45) is 0. The smallest absolute Gasteiger partial charge is 0.262 e. The van der Waals surface area contributed by atoms with Crippen LogP contribution in [0.3, 0.4) is 0 Å². The average molecular weight is 726 g/mol. The molecule has 0 atom stereocenters. The van der Waals surface area contributed by atoms with E-state index in [2.05, 4.69) is 20.1 Å². The number of nitrogens with one attached hydrogen (secondary N) is 4. The van der Waals surface area contributed by atoms with Gasteiger partial charge in [0.25, 0.3) is 31.9 Å². The Hall–Kier alpha value is -4.88. The van der Waals surface area contributed by atoms with Gasteiger partial charge in [-0.05, 0) is 66.7 Å². The number of hydrogen-bond donors (Lipinski definition) is 4. The molecule has 10 nitrogen and oxygen atoms in total. The predicted molar refractivity (Wildman–Crippen MR) is 191 cm³/mol. The number of amides is 2. The van der Waals surface area contributed by atoms with Gasteiger partial charge in [-0.25, -0.2) is 16.8 Å². The minimum Gasteiger partial charge on any atom is -0.320 e. The fraction of sp³-hybridized carbons (Fsp3) is 0.0588. The zero-order valence-electron chi connectivity index (χ0n) is 25.1. The Morgan fingerprint density at radius 3 is 1.15 bits per heavy atom. The fourth-order valence-electron chi connectivity index (χ4n) is 4.15. The molecule has 5 rings (SSSR count). The van der Waals surface area contributed by atoms with Crippen molar-refractivity contribution in [1.29, 1.82) is 0 Å². The number of rotatable bonds is 11. The molecule has 0 spiro atoms. The van der Waals surface area contributed by atoms with Gasteiger partial charge in [0, 0.05) is 22.9 Å². The Labute approximate surface area is 289 Å². The number of carbonyl (C=O) groups is 2. The molecule has 0 fully saturated rings. The van der Waals surface area contributed by atoms with E-state index in [4.69, 9.17) is 23.2 Å².